The number of anilines is 1. The molecule has 9 heteroatoms. The fourth-order valence-electron chi connectivity index (χ4n) is 3.73. The molecule has 2 fully saturated rings. The fourth-order valence-corrected chi connectivity index (χ4v) is 3.91. The van der Waals surface area contributed by atoms with E-state index in [1.807, 2.05) is 0 Å². The summed E-state index contributed by atoms with van der Waals surface area (Å²) >= 11 is 6.22. The standard InChI is InChI=1S/C22H31ClN4O4/c1-14(2)15(3)31-16-6-10-27(11-7-16)21(29)17-12-19(24-13-18(17)23)25-20(28)22(30)26-8-4-5-9-26/h12-16H,4-11H2,1-3H3,(H,24,25,28). The Morgan fingerprint density at radius 2 is 1.74 bits per heavy atom. The lowest BCUT2D eigenvalue weighted by Crippen LogP contribution is -2.42. The summed E-state index contributed by atoms with van der Waals surface area (Å²) in [6.45, 7) is 8.64. The van der Waals surface area contributed by atoms with Crippen LogP contribution in [0, 0.1) is 5.92 Å². The minimum Gasteiger partial charge on any atom is -0.375 e. The number of nitrogens with zero attached hydrogens (tertiary/aromatic N) is 3. The maximum atomic E-state index is 13.0. The molecule has 2 saturated heterocycles. The van der Waals surface area contributed by atoms with Crippen LogP contribution in [0.2, 0.25) is 5.02 Å². The number of pyridine rings is 1. The van der Waals surface area contributed by atoms with Crippen LogP contribution in [0.5, 0.6) is 0 Å². The molecule has 1 aromatic rings. The number of nitrogens with one attached hydrogen (secondary N) is 1. The number of carbonyl (C=O) groups excluding carboxylic acids is 3. The van der Waals surface area contributed by atoms with Crippen LogP contribution >= 0.6 is 11.6 Å². The summed E-state index contributed by atoms with van der Waals surface area (Å²) in [4.78, 5) is 44.8. The maximum Gasteiger partial charge on any atom is 0.315 e. The van der Waals surface area contributed by atoms with Gasteiger partial charge in [-0.05, 0) is 44.6 Å². The smallest absolute Gasteiger partial charge is 0.315 e. The fraction of sp³-hybridized carbons (Fsp3) is 0.636. The van der Waals surface area contributed by atoms with Crippen molar-refractivity contribution in [3.63, 3.8) is 0 Å². The second-order valence-corrected chi connectivity index (χ2v) is 8.99. The number of amides is 3. The lowest BCUT2D eigenvalue weighted by atomic mass is 10.0. The molecule has 2 aliphatic heterocycles. The Labute approximate surface area is 188 Å². The molecule has 170 valence electrons. The van der Waals surface area contributed by atoms with Crippen LogP contribution in [0.4, 0.5) is 5.82 Å². The van der Waals surface area contributed by atoms with Gasteiger partial charge in [-0.25, -0.2) is 4.98 Å². The van der Waals surface area contributed by atoms with Gasteiger partial charge in [0.15, 0.2) is 0 Å². The molecule has 3 amide bonds. The molecular formula is C22H31ClN4O4. The van der Waals surface area contributed by atoms with E-state index in [0.717, 1.165) is 25.7 Å². The van der Waals surface area contributed by atoms with Crippen LogP contribution in [0.1, 0.15) is 56.8 Å². The van der Waals surface area contributed by atoms with Gasteiger partial charge in [0, 0.05) is 32.4 Å². The maximum absolute atomic E-state index is 13.0. The van der Waals surface area contributed by atoms with Crippen molar-refractivity contribution in [2.24, 2.45) is 5.92 Å². The van der Waals surface area contributed by atoms with Gasteiger partial charge in [0.05, 0.1) is 22.8 Å². The Bertz CT molecular complexity index is 818. The van der Waals surface area contributed by atoms with E-state index in [4.69, 9.17) is 16.3 Å². The molecule has 0 aromatic carbocycles. The number of aromatic nitrogens is 1. The third kappa shape index (κ3) is 5.95. The van der Waals surface area contributed by atoms with Gasteiger partial charge < -0.3 is 19.9 Å². The van der Waals surface area contributed by atoms with Crippen LogP contribution in [0.15, 0.2) is 12.3 Å². The molecule has 31 heavy (non-hydrogen) atoms. The van der Waals surface area contributed by atoms with E-state index in [-0.39, 0.29) is 34.5 Å². The first kappa shape index (κ1) is 23.5. The minimum atomic E-state index is -0.757. The van der Waals surface area contributed by atoms with Crippen molar-refractivity contribution in [2.75, 3.05) is 31.5 Å². The highest BCUT2D eigenvalue weighted by Crippen LogP contribution is 2.24. The third-order valence-electron chi connectivity index (χ3n) is 5.99. The molecule has 0 saturated carbocycles. The molecule has 0 spiro atoms. The summed E-state index contributed by atoms with van der Waals surface area (Å²) in [5.41, 5.74) is 0.260. The van der Waals surface area contributed by atoms with Gasteiger partial charge in [-0.1, -0.05) is 25.4 Å². The Morgan fingerprint density at radius 1 is 1.10 bits per heavy atom. The molecule has 3 heterocycles. The Kier molecular flexibility index (Phi) is 7.89. The van der Waals surface area contributed by atoms with E-state index in [9.17, 15) is 14.4 Å². The zero-order valence-electron chi connectivity index (χ0n) is 18.4. The van der Waals surface area contributed by atoms with Crippen molar-refractivity contribution in [3.8, 4) is 0 Å². The van der Waals surface area contributed by atoms with Crippen LogP contribution in [0.3, 0.4) is 0 Å². The first-order valence-electron chi connectivity index (χ1n) is 11.0. The van der Waals surface area contributed by atoms with Gasteiger partial charge in [0.2, 0.25) is 0 Å². The summed E-state index contributed by atoms with van der Waals surface area (Å²) in [5, 5.41) is 2.70. The van der Waals surface area contributed by atoms with Crippen molar-refractivity contribution >= 4 is 35.1 Å². The van der Waals surface area contributed by atoms with E-state index in [2.05, 4.69) is 31.1 Å². The molecule has 2 aliphatic rings. The van der Waals surface area contributed by atoms with Gasteiger partial charge >= 0.3 is 11.8 Å². The number of ether oxygens (including phenoxy) is 1. The number of likely N-dealkylation sites (tertiary alicyclic amines) is 2. The lowest BCUT2D eigenvalue weighted by Gasteiger charge is -2.34. The summed E-state index contributed by atoms with van der Waals surface area (Å²) in [5.74, 6) is -0.980. The predicted molar refractivity (Wildman–Crippen MR) is 118 cm³/mol. The first-order chi connectivity index (χ1) is 14.8. The van der Waals surface area contributed by atoms with Crippen molar-refractivity contribution in [1.82, 2.24) is 14.8 Å². The van der Waals surface area contributed by atoms with Crippen molar-refractivity contribution in [1.29, 1.82) is 0 Å². The molecule has 1 atom stereocenters. The van der Waals surface area contributed by atoms with Crippen molar-refractivity contribution in [2.45, 2.75) is 58.7 Å². The number of piperidine rings is 1. The average Bonchev–Trinajstić information content (AvgIpc) is 3.29. The SMILES string of the molecule is CC(C)C(C)OC1CCN(C(=O)c2cc(NC(=O)C(=O)N3CCCC3)ncc2Cl)CC1. The van der Waals surface area contributed by atoms with Crippen molar-refractivity contribution in [3.05, 3.63) is 22.8 Å². The van der Waals surface area contributed by atoms with Crippen LogP contribution in [0.25, 0.3) is 0 Å². The molecule has 1 aromatic heterocycles. The summed E-state index contributed by atoms with van der Waals surface area (Å²) < 4.78 is 6.08. The molecule has 3 rings (SSSR count). The third-order valence-corrected chi connectivity index (χ3v) is 6.29. The van der Waals surface area contributed by atoms with Gasteiger partial charge in [-0.3, -0.25) is 14.4 Å². The molecule has 0 aliphatic carbocycles. The van der Waals surface area contributed by atoms with Crippen molar-refractivity contribution < 1.29 is 19.1 Å². The van der Waals surface area contributed by atoms with E-state index < -0.39 is 11.8 Å². The summed E-state index contributed by atoms with van der Waals surface area (Å²) in [6.07, 6.45) is 4.96. The van der Waals surface area contributed by atoms with Crippen LogP contribution in [-0.2, 0) is 14.3 Å². The second-order valence-electron chi connectivity index (χ2n) is 8.58. The highest BCUT2D eigenvalue weighted by molar-refractivity contribution is 6.39. The van der Waals surface area contributed by atoms with E-state index >= 15 is 0 Å². The molecule has 1 unspecified atom stereocenters. The Balaban J connectivity index is 1.60. The van der Waals surface area contributed by atoms with Gasteiger partial charge in [0.1, 0.15) is 5.82 Å². The summed E-state index contributed by atoms with van der Waals surface area (Å²) in [7, 11) is 0. The van der Waals surface area contributed by atoms with Crippen LogP contribution in [-0.4, -0.2) is 70.9 Å². The molecular weight excluding hydrogens is 420 g/mol. The van der Waals surface area contributed by atoms with E-state index in [0.29, 0.717) is 32.1 Å². The van der Waals surface area contributed by atoms with Gasteiger partial charge in [-0.15, -0.1) is 0 Å². The first-order valence-corrected chi connectivity index (χ1v) is 11.3. The number of hydrogen-bond donors (Lipinski definition) is 1. The molecule has 1 N–H and O–H groups in total. The zero-order chi connectivity index (χ0) is 22.5. The number of carbonyl (C=O) groups is 3. The topological polar surface area (TPSA) is 91.8 Å². The monoisotopic (exact) mass is 450 g/mol. The quantitative estimate of drug-likeness (QED) is 0.696. The van der Waals surface area contributed by atoms with E-state index in [1.54, 1.807) is 4.90 Å². The van der Waals surface area contributed by atoms with Gasteiger partial charge in [-0.2, -0.15) is 0 Å². The number of halogens is 1. The average molecular weight is 451 g/mol. The van der Waals surface area contributed by atoms with Gasteiger partial charge in [0.25, 0.3) is 5.91 Å². The molecule has 8 nitrogen and oxygen atoms in total. The Hall–Kier alpha value is -2.19. The minimum absolute atomic E-state index is 0.134. The highest BCUT2D eigenvalue weighted by atomic mass is 35.5. The lowest BCUT2D eigenvalue weighted by molar-refractivity contribution is -0.142. The van der Waals surface area contributed by atoms with Crippen LogP contribution < -0.4 is 5.32 Å². The largest absolute Gasteiger partial charge is 0.375 e. The Morgan fingerprint density at radius 3 is 2.35 bits per heavy atom. The highest BCUT2D eigenvalue weighted by Gasteiger charge is 2.28. The van der Waals surface area contributed by atoms with E-state index in [1.165, 1.54) is 17.2 Å². The number of hydrogen-bond acceptors (Lipinski definition) is 5. The molecule has 0 bridgehead atoms. The zero-order valence-corrected chi connectivity index (χ0v) is 19.2. The predicted octanol–water partition coefficient (Wildman–Crippen LogP) is 2.96. The second kappa shape index (κ2) is 10.4. The molecule has 0 radical (unpaired) electrons. The normalized spacial score (nSPS) is 18.4. The number of rotatable bonds is 5. The summed E-state index contributed by atoms with van der Waals surface area (Å²) in [6, 6.07) is 1.43.